The number of nitrogens with zero attached hydrogens (tertiary/aromatic N) is 1. The Morgan fingerprint density at radius 2 is 1.84 bits per heavy atom. The van der Waals surface area contributed by atoms with E-state index in [2.05, 4.69) is 20.9 Å². The van der Waals surface area contributed by atoms with Gasteiger partial charge in [0, 0.05) is 10.7 Å². The fraction of sp³-hybridized carbons (Fsp3) is 0.444. The summed E-state index contributed by atoms with van der Waals surface area (Å²) < 4.78 is 73.9. The maximum atomic E-state index is 12.6. The molecule has 1 aromatic rings. The Balaban J connectivity index is 2.90. The first-order valence-corrected chi connectivity index (χ1v) is 5.52. The maximum absolute atomic E-state index is 12.6. The van der Waals surface area contributed by atoms with Crippen LogP contribution in [0.15, 0.2) is 16.7 Å². The Labute approximate surface area is 111 Å². The van der Waals surface area contributed by atoms with Gasteiger partial charge in [-0.05, 0) is 22.0 Å². The number of aromatic nitrogens is 1. The van der Waals surface area contributed by atoms with E-state index < -0.39 is 36.4 Å². The normalized spacial score (nSPS) is 14.3. The molecule has 0 saturated heterocycles. The third-order valence-corrected chi connectivity index (χ3v) is 2.43. The van der Waals surface area contributed by atoms with E-state index >= 15 is 0 Å². The Morgan fingerprint density at radius 1 is 1.26 bits per heavy atom. The largest absolute Gasteiger partial charge is 0.419 e. The Kier molecular flexibility index (Phi) is 4.67. The molecule has 10 heteroatoms. The summed E-state index contributed by atoms with van der Waals surface area (Å²) in [5.41, 5.74) is -1.23. The molecule has 1 heterocycles. The number of aliphatic hydroxyl groups is 1. The van der Waals surface area contributed by atoms with Crippen molar-refractivity contribution in [1.82, 2.24) is 4.98 Å². The van der Waals surface area contributed by atoms with Crippen LogP contribution >= 0.6 is 15.9 Å². The highest BCUT2D eigenvalue weighted by Gasteiger charge is 2.39. The maximum Gasteiger partial charge on any atom is 0.419 e. The molecule has 3 nitrogen and oxygen atoms in total. The van der Waals surface area contributed by atoms with Crippen molar-refractivity contribution >= 4 is 21.7 Å². The van der Waals surface area contributed by atoms with Gasteiger partial charge in [-0.25, -0.2) is 4.98 Å². The van der Waals surface area contributed by atoms with Crippen LogP contribution < -0.4 is 5.32 Å². The van der Waals surface area contributed by atoms with Gasteiger partial charge in [-0.2, -0.15) is 26.3 Å². The SMILES string of the molecule is OC(CNc1ncc(Br)cc1C(F)(F)F)C(F)(F)F. The number of aliphatic hydroxyl groups excluding tert-OH is 1. The van der Waals surface area contributed by atoms with Crippen LogP contribution in [0.2, 0.25) is 0 Å². The van der Waals surface area contributed by atoms with Crippen molar-refractivity contribution in [2.45, 2.75) is 18.5 Å². The van der Waals surface area contributed by atoms with Gasteiger partial charge < -0.3 is 10.4 Å². The lowest BCUT2D eigenvalue weighted by molar-refractivity contribution is -0.198. The van der Waals surface area contributed by atoms with E-state index in [1.165, 1.54) is 0 Å². The van der Waals surface area contributed by atoms with Crippen LogP contribution in [0.1, 0.15) is 5.56 Å². The van der Waals surface area contributed by atoms with E-state index in [4.69, 9.17) is 5.11 Å². The Hall–Kier alpha value is -1.03. The summed E-state index contributed by atoms with van der Waals surface area (Å²) >= 11 is 2.78. The van der Waals surface area contributed by atoms with E-state index in [1.54, 1.807) is 0 Å². The third kappa shape index (κ3) is 4.53. The molecule has 0 aliphatic carbocycles. The van der Waals surface area contributed by atoms with Crippen molar-refractivity contribution in [3.63, 3.8) is 0 Å². The van der Waals surface area contributed by atoms with Crippen molar-refractivity contribution in [3.8, 4) is 0 Å². The van der Waals surface area contributed by atoms with Crippen LogP contribution in [-0.2, 0) is 6.18 Å². The molecule has 0 amide bonds. The Morgan fingerprint density at radius 3 is 2.32 bits per heavy atom. The highest BCUT2D eigenvalue weighted by Crippen LogP contribution is 2.35. The first-order valence-electron chi connectivity index (χ1n) is 4.73. The van der Waals surface area contributed by atoms with Gasteiger partial charge in [0.1, 0.15) is 5.82 Å². The number of halogens is 7. The van der Waals surface area contributed by atoms with Gasteiger partial charge in [0.15, 0.2) is 6.10 Å². The summed E-state index contributed by atoms with van der Waals surface area (Å²) in [6.45, 7) is -1.12. The molecule has 1 atom stereocenters. The second-order valence-electron chi connectivity index (χ2n) is 3.49. The number of pyridine rings is 1. The van der Waals surface area contributed by atoms with E-state index in [9.17, 15) is 26.3 Å². The smallest absolute Gasteiger partial charge is 0.382 e. The number of alkyl halides is 6. The quantitative estimate of drug-likeness (QED) is 0.821. The highest BCUT2D eigenvalue weighted by atomic mass is 79.9. The predicted octanol–water partition coefficient (Wildman–Crippen LogP) is 3.20. The summed E-state index contributed by atoms with van der Waals surface area (Å²) in [5.74, 6) is -0.779. The molecule has 0 radical (unpaired) electrons. The third-order valence-electron chi connectivity index (χ3n) is 2.00. The summed E-state index contributed by atoms with van der Waals surface area (Å²) in [6.07, 6.45) is -11.5. The standard InChI is InChI=1S/C9H7BrF6N2O/c10-4-1-5(8(11,12)13)7(17-2-4)18-3-6(19)9(14,15)16/h1-2,6,19H,3H2,(H,17,18). The number of nitrogens with one attached hydrogen (secondary N) is 1. The first kappa shape index (κ1) is 16.0. The summed E-state index contributed by atoms with van der Waals surface area (Å²) in [6, 6.07) is 0.676. The van der Waals surface area contributed by atoms with Crippen molar-refractivity contribution in [3.05, 3.63) is 22.3 Å². The van der Waals surface area contributed by atoms with E-state index in [0.29, 0.717) is 6.07 Å². The molecular weight excluding hydrogens is 346 g/mol. The van der Waals surface area contributed by atoms with Gasteiger partial charge in [0.05, 0.1) is 12.1 Å². The summed E-state index contributed by atoms with van der Waals surface area (Å²) in [7, 11) is 0. The zero-order valence-corrected chi connectivity index (χ0v) is 10.6. The van der Waals surface area contributed by atoms with Crippen LogP contribution in [0.25, 0.3) is 0 Å². The van der Waals surface area contributed by atoms with Gasteiger partial charge in [0.2, 0.25) is 0 Å². The minimum Gasteiger partial charge on any atom is -0.382 e. The average Bonchev–Trinajstić information content (AvgIpc) is 2.24. The van der Waals surface area contributed by atoms with E-state index in [1.807, 2.05) is 5.32 Å². The summed E-state index contributed by atoms with van der Waals surface area (Å²) in [5, 5.41) is 10.5. The molecule has 0 saturated carbocycles. The molecule has 0 fully saturated rings. The zero-order chi connectivity index (χ0) is 14.8. The lowest BCUT2D eigenvalue weighted by Crippen LogP contribution is -2.35. The molecule has 108 valence electrons. The van der Waals surface area contributed by atoms with Crippen LogP contribution in [-0.4, -0.2) is 28.9 Å². The molecule has 1 rings (SSSR count). The van der Waals surface area contributed by atoms with Crippen molar-refractivity contribution < 1.29 is 31.4 Å². The minimum atomic E-state index is -4.92. The number of hydrogen-bond acceptors (Lipinski definition) is 3. The Bertz CT molecular complexity index is 447. The lowest BCUT2D eigenvalue weighted by Gasteiger charge is -2.18. The molecule has 1 aromatic heterocycles. The fourth-order valence-electron chi connectivity index (χ4n) is 1.11. The molecule has 19 heavy (non-hydrogen) atoms. The van der Waals surface area contributed by atoms with Crippen LogP contribution in [0.5, 0.6) is 0 Å². The number of rotatable bonds is 3. The molecule has 0 aliphatic rings. The van der Waals surface area contributed by atoms with Crippen molar-refractivity contribution in [1.29, 1.82) is 0 Å². The average molecular weight is 353 g/mol. The second-order valence-corrected chi connectivity index (χ2v) is 4.40. The molecular formula is C9H7BrF6N2O. The topological polar surface area (TPSA) is 45.1 Å². The first-order chi connectivity index (χ1) is 8.51. The van der Waals surface area contributed by atoms with Crippen LogP contribution in [0.4, 0.5) is 32.2 Å². The second kappa shape index (κ2) is 5.53. The molecule has 0 bridgehead atoms. The molecule has 2 N–H and O–H groups in total. The zero-order valence-electron chi connectivity index (χ0n) is 8.98. The predicted molar refractivity (Wildman–Crippen MR) is 57.5 cm³/mol. The van der Waals surface area contributed by atoms with Gasteiger partial charge in [-0.3, -0.25) is 0 Å². The van der Waals surface area contributed by atoms with Gasteiger partial charge in [-0.1, -0.05) is 0 Å². The lowest BCUT2D eigenvalue weighted by atomic mass is 10.2. The molecule has 0 spiro atoms. The molecule has 0 aromatic carbocycles. The van der Waals surface area contributed by atoms with Gasteiger partial charge in [0.25, 0.3) is 0 Å². The minimum absolute atomic E-state index is 0.0294. The monoisotopic (exact) mass is 352 g/mol. The van der Waals surface area contributed by atoms with Gasteiger partial charge >= 0.3 is 12.4 Å². The van der Waals surface area contributed by atoms with Crippen LogP contribution in [0.3, 0.4) is 0 Å². The van der Waals surface area contributed by atoms with E-state index in [-0.39, 0.29) is 4.47 Å². The number of hydrogen-bond donors (Lipinski definition) is 2. The summed E-state index contributed by atoms with van der Waals surface area (Å²) in [4.78, 5) is 3.34. The molecule has 1 unspecified atom stereocenters. The van der Waals surface area contributed by atoms with E-state index in [0.717, 1.165) is 6.20 Å². The number of anilines is 1. The van der Waals surface area contributed by atoms with Crippen LogP contribution in [0, 0.1) is 0 Å². The molecule has 0 aliphatic heterocycles. The van der Waals surface area contributed by atoms with Crippen molar-refractivity contribution in [2.24, 2.45) is 0 Å². The highest BCUT2D eigenvalue weighted by molar-refractivity contribution is 9.10. The van der Waals surface area contributed by atoms with Gasteiger partial charge in [-0.15, -0.1) is 0 Å². The fourth-order valence-corrected chi connectivity index (χ4v) is 1.44. The van der Waals surface area contributed by atoms with Crippen molar-refractivity contribution in [2.75, 3.05) is 11.9 Å².